The van der Waals surface area contributed by atoms with Gasteiger partial charge in [0.1, 0.15) is 11.6 Å². The standard InChI is InChI=1S/C43H25F2N2S.C19H24GeN.Ir/c44-32-20-16-28(17-21-32)31-25-37(29-18-22-33(45)23-19-29)41-35-12-7-13-36(42(35)48-40(41)26-31)43-46-38-14-4-5-15-39(38)47(43)34-11-6-10-30(24-34)27-8-2-1-3-9-27;1-20(2,3)18-14-21-19(16-11-5-4-6-12-16)13-17(18)15-9-7-8-10-15;/h1-12,14-26H;4-6,11,13-15H,7-10H2,1-3H3;/q2*-1;/i;15D;. The van der Waals surface area contributed by atoms with Crippen LogP contribution in [-0.4, -0.2) is 27.8 Å². The van der Waals surface area contributed by atoms with E-state index in [9.17, 15) is 8.78 Å². The van der Waals surface area contributed by atoms with Gasteiger partial charge < -0.3 is 4.57 Å². The van der Waals surface area contributed by atoms with Gasteiger partial charge in [-0.05, 0) is 104 Å². The maximum absolute atomic E-state index is 14.1. The van der Waals surface area contributed by atoms with E-state index in [1.807, 2.05) is 60.7 Å². The van der Waals surface area contributed by atoms with Crippen molar-refractivity contribution in [2.75, 3.05) is 0 Å². The summed E-state index contributed by atoms with van der Waals surface area (Å²) in [4.78, 5) is 9.92. The molecular formula is C62H49F2GeIrN3S-2. The van der Waals surface area contributed by atoms with E-state index in [2.05, 4.69) is 125 Å². The molecule has 70 heavy (non-hydrogen) atoms. The molecule has 347 valence electrons. The number of rotatable bonds is 8. The Morgan fingerprint density at radius 2 is 1.34 bits per heavy atom. The number of benzene rings is 8. The zero-order chi connectivity index (χ0) is 48.0. The predicted molar refractivity (Wildman–Crippen MR) is 287 cm³/mol. The van der Waals surface area contributed by atoms with Crippen molar-refractivity contribution in [3.63, 3.8) is 0 Å². The van der Waals surface area contributed by atoms with Gasteiger partial charge in [-0.3, -0.25) is 4.98 Å². The van der Waals surface area contributed by atoms with E-state index in [1.54, 1.807) is 23.5 Å². The summed E-state index contributed by atoms with van der Waals surface area (Å²) in [6.07, 6.45) is 6.39. The molecule has 12 rings (SSSR count). The predicted octanol–water partition coefficient (Wildman–Crippen LogP) is 16.9. The van der Waals surface area contributed by atoms with Crippen molar-refractivity contribution in [3.8, 4) is 61.7 Å². The first-order valence-corrected chi connectivity index (χ1v) is 31.7. The molecule has 0 N–H and O–H groups in total. The molecule has 1 aliphatic rings. The average Bonchev–Trinajstić information content (AvgIpc) is 4.13. The molecular weight excluding hydrogens is 1120 g/mol. The fourth-order valence-corrected chi connectivity index (χ4v) is 14.2. The number of para-hydroxylation sites is 2. The number of aromatic nitrogens is 3. The minimum atomic E-state index is -2.04. The van der Waals surface area contributed by atoms with E-state index in [0.29, 0.717) is 0 Å². The van der Waals surface area contributed by atoms with E-state index in [4.69, 9.17) is 11.3 Å². The van der Waals surface area contributed by atoms with Gasteiger partial charge in [0.2, 0.25) is 0 Å². The summed E-state index contributed by atoms with van der Waals surface area (Å²) in [7, 11) is 0. The van der Waals surface area contributed by atoms with E-state index in [0.717, 1.165) is 106 Å². The van der Waals surface area contributed by atoms with Crippen molar-refractivity contribution in [1.82, 2.24) is 14.5 Å². The SMILES string of the molecule is Fc1ccc(-c2cc(-c3ccc(F)cc3)c3c(c2)sc2c(-c4nc5ccccc5n4-c4cccc(-c5ccccc5)c4)[c-]ccc23)cc1.[2H]C1(c2cc(-c3[c-]cccc3)nc[c]2[Ge]([CH3])([CH3])[CH3])CCCC1.[Ir]. The van der Waals surface area contributed by atoms with E-state index in [1.165, 1.54) is 47.1 Å². The third-order valence-corrected chi connectivity index (χ3v) is 18.5. The van der Waals surface area contributed by atoms with E-state index >= 15 is 0 Å². The first-order chi connectivity index (χ1) is 34.0. The van der Waals surface area contributed by atoms with Gasteiger partial charge in [-0.2, -0.15) is 11.3 Å². The monoisotopic (exact) mass is 1170 g/mol. The molecule has 1 saturated carbocycles. The van der Waals surface area contributed by atoms with Crippen LogP contribution in [0.4, 0.5) is 8.78 Å². The van der Waals surface area contributed by atoms with Gasteiger partial charge in [-0.25, -0.2) is 8.78 Å². The minimum absolute atomic E-state index is 0. The summed E-state index contributed by atoms with van der Waals surface area (Å²) < 4.78 is 42.7. The second-order valence-corrected chi connectivity index (χ2v) is 30.4. The third-order valence-electron chi connectivity index (χ3n) is 13.1. The van der Waals surface area contributed by atoms with Crippen LogP contribution in [0.3, 0.4) is 0 Å². The topological polar surface area (TPSA) is 30.7 Å². The molecule has 0 spiro atoms. The normalized spacial score (nSPS) is 13.5. The molecule has 11 aromatic rings. The first-order valence-electron chi connectivity index (χ1n) is 24.1. The van der Waals surface area contributed by atoms with Crippen LogP contribution in [0.2, 0.25) is 17.3 Å². The van der Waals surface area contributed by atoms with Crippen molar-refractivity contribution < 1.29 is 30.3 Å². The molecule has 8 heteroatoms. The van der Waals surface area contributed by atoms with E-state index < -0.39 is 19.2 Å². The number of fused-ring (bicyclic) bond motifs is 4. The van der Waals surface area contributed by atoms with Crippen molar-refractivity contribution in [2.24, 2.45) is 0 Å². The van der Waals surface area contributed by atoms with Crippen molar-refractivity contribution in [2.45, 2.75) is 48.8 Å². The smallest absolute Gasteiger partial charge is 0 e. The number of pyridine rings is 1. The van der Waals surface area contributed by atoms with Crippen LogP contribution in [0, 0.1) is 23.8 Å². The van der Waals surface area contributed by atoms with Crippen LogP contribution < -0.4 is 4.40 Å². The van der Waals surface area contributed by atoms with Crippen LogP contribution in [0.25, 0.3) is 92.9 Å². The molecule has 1 aliphatic carbocycles. The Bertz CT molecular complexity index is 3680. The number of hydrogen-bond donors (Lipinski definition) is 0. The second-order valence-electron chi connectivity index (χ2n) is 18.7. The van der Waals surface area contributed by atoms with Gasteiger partial charge >= 0.3 is 132 Å². The molecule has 0 saturated heterocycles. The molecule has 0 atom stereocenters. The molecule has 0 amide bonds. The van der Waals surface area contributed by atoms with Gasteiger partial charge in [-0.1, -0.05) is 89.8 Å². The molecule has 1 fully saturated rings. The second kappa shape index (κ2) is 20.2. The molecule has 3 aromatic heterocycles. The Labute approximate surface area is 430 Å². The molecule has 3 nitrogen and oxygen atoms in total. The van der Waals surface area contributed by atoms with Crippen LogP contribution in [0.1, 0.15) is 38.5 Å². The maximum Gasteiger partial charge on any atom is 0 e. The Kier molecular flexibility index (Phi) is 13.3. The Hall–Kier alpha value is -6.35. The minimum Gasteiger partial charge on any atom is 0 e. The fraction of sp³-hybridized carbons (Fsp3) is 0.129. The summed E-state index contributed by atoms with van der Waals surface area (Å²) in [6, 6.07) is 65.7. The number of imidazole rings is 1. The number of nitrogens with zero attached hydrogens (tertiary/aromatic N) is 3. The van der Waals surface area contributed by atoms with Crippen molar-refractivity contribution in [1.29, 1.82) is 0 Å². The van der Waals surface area contributed by atoms with Crippen LogP contribution in [-0.2, 0) is 20.1 Å². The number of halogens is 2. The molecule has 8 aromatic carbocycles. The fourth-order valence-electron chi connectivity index (χ4n) is 9.73. The maximum atomic E-state index is 14.1. The number of thiophene rings is 1. The summed E-state index contributed by atoms with van der Waals surface area (Å²) >= 11 is -0.353. The van der Waals surface area contributed by atoms with Crippen molar-refractivity contribution in [3.05, 3.63) is 218 Å². The van der Waals surface area contributed by atoms with E-state index in [-0.39, 0.29) is 31.7 Å². The first kappa shape index (κ1) is 46.1. The molecule has 0 bridgehead atoms. The molecule has 0 unspecified atom stereocenters. The van der Waals surface area contributed by atoms with Gasteiger partial charge in [-0.15, -0.1) is 18.2 Å². The Morgan fingerprint density at radius 1 is 0.657 bits per heavy atom. The Morgan fingerprint density at radius 3 is 2.07 bits per heavy atom. The molecule has 3 heterocycles. The molecule has 0 aliphatic heterocycles. The van der Waals surface area contributed by atoms with Gasteiger partial charge in [0.25, 0.3) is 0 Å². The van der Waals surface area contributed by atoms with Gasteiger partial charge in [0, 0.05) is 30.5 Å². The summed E-state index contributed by atoms with van der Waals surface area (Å²) in [5, 5.41) is 2.15. The van der Waals surface area contributed by atoms with Gasteiger partial charge in [0.05, 0.1) is 16.9 Å². The van der Waals surface area contributed by atoms with Crippen LogP contribution in [0.5, 0.6) is 0 Å². The quantitative estimate of drug-likeness (QED) is 0.112. The third kappa shape index (κ3) is 9.48. The van der Waals surface area contributed by atoms with Crippen LogP contribution in [0.15, 0.2) is 188 Å². The molecule has 1 radical (unpaired) electrons. The average molecular weight is 1170 g/mol. The zero-order valence-electron chi connectivity index (χ0n) is 40.1. The Balaban J connectivity index is 0.000000213. The summed E-state index contributed by atoms with van der Waals surface area (Å²) in [6.45, 7) is 0. The van der Waals surface area contributed by atoms with Crippen LogP contribution >= 0.6 is 11.3 Å². The summed E-state index contributed by atoms with van der Waals surface area (Å²) in [5.41, 5.74) is 13.1. The largest absolute Gasteiger partial charge is 0 e. The van der Waals surface area contributed by atoms with Gasteiger partial charge in [0.15, 0.2) is 0 Å². The zero-order valence-corrected chi connectivity index (χ0v) is 44.4. The van der Waals surface area contributed by atoms with Crippen molar-refractivity contribution >= 4 is 60.2 Å². The number of hydrogen-bond acceptors (Lipinski definition) is 3. The summed E-state index contributed by atoms with van der Waals surface area (Å²) in [5.74, 6) is 7.03.